The molecule has 1 aromatic heterocycles. The van der Waals surface area contributed by atoms with Gasteiger partial charge in [0.05, 0.1) is 5.69 Å². The Hall–Kier alpha value is -5.56. The van der Waals surface area contributed by atoms with Crippen molar-refractivity contribution in [3.63, 3.8) is 0 Å². The van der Waals surface area contributed by atoms with Gasteiger partial charge >= 0.3 is 24.9 Å². The van der Waals surface area contributed by atoms with Gasteiger partial charge in [0, 0.05) is 73.0 Å². The number of carboxylic acids is 1. The summed E-state index contributed by atoms with van der Waals surface area (Å²) in [6.45, 7) is 1.27. The molecule has 0 saturated carbocycles. The van der Waals surface area contributed by atoms with Gasteiger partial charge in [-0.1, -0.05) is 48.9 Å². The first-order valence-electron chi connectivity index (χ1n) is 17.9. The minimum Gasteiger partial charge on any atom is -0.483 e. The fourth-order valence-corrected chi connectivity index (χ4v) is 7.06. The number of carbonyl (C=O) groups is 4. The molecule has 2 unspecified atom stereocenters. The van der Waals surface area contributed by atoms with Crippen molar-refractivity contribution in [1.29, 1.82) is 0 Å². The number of halogens is 8. The molecule has 1 saturated heterocycles. The van der Waals surface area contributed by atoms with E-state index in [0.29, 0.717) is 43.4 Å². The molecule has 1 fully saturated rings. The second-order valence-electron chi connectivity index (χ2n) is 13.6. The van der Waals surface area contributed by atoms with Gasteiger partial charge in [-0.3, -0.25) is 9.59 Å². The number of aliphatic carboxylic acids is 1. The third-order valence-electron chi connectivity index (χ3n) is 9.33. The number of carboxylic acid groups (broad SMARTS) is 2. The molecule has 0 spiro atoms. The molecule has 12 nitrogen and oxygen atoms in total. The predicted molar refractivity (Wildman–Crippen MR) is 208 cm³/mol. The number of urea groups is 1. The predicted octanol–water partition coefficient (Wildman–Crippen LogP) is 7.24. The van der Waals surface area contributed by atoms with Crippen LogP contribution < -0.4 is 15.1 Å². The van der Waals surface area contributed by atoms with Crippen LogP contribution in [0.4, 0.5) is 46.9 Å². The third-order valence-corrected chi connectivity index (χ3v) is 9.57. The first-order valence-corrected chi connectivity index (χ1v) is 18.3. The van der Waals surface area contributed by atoms with Crippen molar-refractivity contribution in [1.82, 2.24) is 20.1 Å². The number of aromatic amines is 1. The van der Waals surface area contributed by atoms with E-state index in [1.807, 2.05) is 85.5 Å². The van der Waals surface area contributed by atoms with Crippen LogP contribution in [0.5, 0.6) is 0 Å². The number of nitrogens with one attached hydrogen (secondary N) is 2. The van der Waals surface area contributed by atoms with Crippen LogP contribution >= 0.6 is 11.6 Å². The maximum atomic E-state index is 14.7. The van der Waals surface area contributed by atoms with Crippen molar-refractivity contribution in [3.05, 3.63) is 94.9 Å². The van der Waals surface area contributed by atoms with Gasteiger partial charge in [-0.05, 0) is 74.0 Å². The molecule has 3 amide bonds. The molecule has 2 aliphatic heterocycles. The quantitative estimate of drug-likeness (QED) is 0.112. The van der Waals surface area contributed by atoms with E-state index in [2.05, 4.69) is 15.2 Å². The average molecular weight is 861 g/mol. The van der Waals surface area contributed by atoms with Crippen LogP contribution in [0.25, 0.3) is 10.9 Å². The Morgan fingerprint density at radius 2 is 1.56 bits per heavy atom. The second kappa shape index (κ2) is 22.0. The smallest absolute Gasteiger partial charge is 0.483 e. The lowest BCUT2D eigenvalue weighted by Gasteiger charge is -2.40. The molecule has 0 radical (unpaired) electrons. The first-order chi connectivity index (χ1) is 27.8. The van der Waals surface area contributed by atoms with Crippen molar-refractivity contribution in [2.45, 2.75) is 38.2 Å². The van der Waals surface area contributed by atoms with Crippen molar-refractivity contribution >= 4 is 58.3 Å². The summed E-state index contributed by atoms with van der Waals surface area (Å²) in [7, 11) is 4.07. The summed E-state index contributed by atoms with van der Waals surface area (Å²) in [6.07, 6.45) is -2.33. The summed E-state index contributed by atoms with van der Waals surface area (Å²) in [5.41, 5.74) is 4.35. The van der Waals surface area contributed by atoms with Crippen LogP contribution in [-0.2, 0) is 20.8 Å². The lowest BCUT2D eigenvalue weighted by atomic mass is 9.88. The molecule has 59 heavy (non-hydrogen) atoms. The second-order valence-corrected chi connectivity index (χ2v) is 14.1. The summed E-state index contributed by atoms with van der Waals surface area (Å²) in [5, 5.41) is 18.8. The summed E-state index contributed by atoms with van der Waals surface area (Å²) in [6, 6.07) is 19.2. The Balaban J connectivity index is 0.000000576. The van der Waals surface area contributed by atoms with Gasteiger partial charge < -0.3 is 40.1 Å². The zero-order valence-corrected chi connectivity index (χ0v) is 32.9. The summed E-state index contributed by atoms with van der Waals surface area (Å²) >= 11 is 6.40. The van der Waals surface area contributed by atoms with Crippen LogP contribution in [0.3, 0.4) is 0 Å². The molecule has 3 atom stereocenters. The number of piperazine rings is 1. The number of H-pyrrole nitrogens is 1. The normalized spacial score (nSPS) is 16.0. The Morgan fingerprint density at radius 3 is 2.14 bits per heavy atom. The van der Waals surface area contributed by atoms with E-state index >= 15 is 0 Å². The van der Waals surface area contributed by atoms with Gasteiger partial charge in [-0.25, -0.2) is 14.0 Å². The number of benzene rings is 3. The fraction of sp³-hybridized carbons (Fsp3) is 0.385. The van der Waals surface area contributed by atoms with E-state index in [9.17, 15) is 40.3 Å². The van der Waals surface area contributed by atoms with E-state index in [0.717, 1.165) is 40.7 Å². The average Bonchev–Trinajstić information content (AvgIpc) is 3.60. The molecule has 0 aliphatic carbocycles. The van der Waals surface area contributed by atoms with Crippen LogP contribution in [0, 0.1) is 11.7 Å². The molecule has 4 N–H and O–H groups in total. The highest BCUT2D eigenvalue weighted by Crippen LogP contribution is 2.35. The number of para-hydroxylation sites is 2. The molecule has 20 heteroatoms. The van der Waals surface area contributed by atoms with Crippen molar-refractivity contribution in [2.75, 3.05) is 63.2 Å². The Kier molecular flexibility index (Phi) is 17.8. The largest absolute Gasteiger partial charge is 0.490 e. The number of carbonyl (C=O) groups excluding carboxylic acids is 2. The summed E-state index contributed by atoms with van der Waals surface area (Å²) in [4.78, 5) is 56.8. The highest BCUT2D eigenvalue weighted by Gasteiger charge is 2.39. The monoisotopic (exact) mass is 860 g/mol. The van der Waals surface area contributed by atoms with E-state index in [1.54, 1.807) is 17.0 Å². The number of hydrogen-bond donors (Lipinski definition) is 4. The van der Waals surface area contributed by atoms with Crippen molar-refractivity contribution in [2.24, 2.45) is 5.92 Å². The molecule has 322 valence electrons. The van der Waals surface area contributed by atoms with Crippen LogP contribution in [0.2, 0.25) is 5.02 Å². The zero-order chi connectivity index (χ0) is 44.0. The topological polar surface area (TPSA) is 150 Å². The summed E-state index contributed by atoms with van der Waals surface area (Å²) in [5.74, 6) is -3.31. The standard InChI is InChI=1S/C35H40ClFN6O2.C2HF3O2.CHF3.CH2O2/c1-23(28-20-38-30-10-6-4-8-27(28)30)33(39-35(45)42-16-14-41(15-17-42)32-11-7-5-9-29(32)37)34(44)43-22-24(21-40(2)3)18-25-19-26(36)12-13-31(25)43;3-2(4,5)1(6)7;2-1(3)4;2-1-3/h4-13,19-20,23-24,33,38H,14-18,21-22H2,1-3H3,(H,39,45);(H,6,7);1H;1H,(H,2,3)/t23?,24-,33?;;;/m1.../s1. The number of anilines is 2. The molecule has 6 rings (SSSR count). The number of nitrogens with zero attached hydrogens (tertiary/aromatic N) is 4. The van der Waals surface area contributed by atoms with Crippen LogP contribution in [-0.4, -0.2) is 122 Å². The Morgan fingerprint density at radius 1 is 0.983 bits per heavy atom. The van der Waals surface area contributed by atoms with E-state index in [-0.39, 0.29) is 36.1 Å². The summed E-state index contributed by atoms with van der Waals surface area (Å²) < 4.78 is 75.2. The molecule has 3 heterocycles. The van der Waals surface area contributed by atoms with Gasteiger partial charge in [0.2, 0.25) is 5.91 Å². The van der Waals surface area contributed by atoms with E-state index in [1.165, 1.54) is 6.07 Å². The zero-order valence-electron chi connectivity index (χ0n) is 32.1. The van der Waals surface area contributed by atoms with Crippen LogP contribution in [0.15, 0.2) is 72.9 Å². The maximum Gasteiger partial charge on any atom is 0.490 e. The third kappa shape index (κ3) is 13.8. The van der Waals surface area contributed by atoms with Gasteiger partial charge in [-0.2, -0.15) is 26.3 Å². The van der Waals surface area contributed by atoms with Gasteiger partial charge in [0.25, 0.3) is 6.47 Å². The van der Waals surface area contributed by atoms with Crippen LogP contribution in [0.1, 0.15) is 24.0 Å². The highest BCUT2D eigenvalue weighted by molar-refractivity contribution is 6.30. The molecule has 4 aromatic rings. The maximum absolute atomic E-state index is 14.7. The molecular formula is C39H44ClF7N6O6. The van der Waals surface area contributed by atoms with E-state index in [4.69, 9.17) is 31.4 Å². The highest BCUT2D eigenvalue weighted by atomic mass is 35.5. The van der Waals surface area contributed by atoms with Crippen molar-refractivity contribution in [3.8, 4) is 0 Å². The molecule has 0 bridgehead atoms. The number of rotatable bonds is 7. The number of aromatic nitrogens is 1. The molecule has 2 aliphatic rings. The lowest BCUT2D eigenvalue weighted by Crippen LogP contribution is -2.58. The minimum atomic E-state index is -5.08. The van der Waals surface area contributed by atoms with Gasteiger partial charge in [0.1, 0.15) is 11.9 Å². The van der Waals surface area contributed by atoms with Gasteiger partial charge in [-0.15, -0.1) is 0 Å². The number of fused-ring (bicyclic) bond motifs is 2. The van der Waals surface area contributed by atoms with E-state index < -0.39 is 24.9 Å². The Bertz CT molecular complexity index is 2010. The fourth-order valence-electron chi connectivity index (χ4n) is 6.86. The number of hydrogen-bond acceptors (Lipinski definition) is 6. The Labute approximate surface area is 340 Å². The SMILES string of the molecule is CC(c1c[nH]c2ccccc12)C(NC(=O)N1CCN(c2ccccc2F)CC1)C(=O)N1C[C@@H](CN(C)C)Cc2cc(Cl)ccc21.FC(F)F.O=C(O)C(F)(F)F.O=CO. The molecular weight excluding hydrogens is 817 g/mol. The van der Waals surface area contributed by atoms with Gasteiger partial charge in [0.15, 0.2) is 0 Å². The number of alkyl halides is 6. The van der Waals surface area contributed by atoms with Crippen molar-refractivity contribution < 1.29 is 60.1 Å². The number of amides is 3. The first kappa shape index (κ1) is 47.8. The lowest BCUT2D eigenvalue weighted by molar-refractivity contribution is -0.192. The minimum absolute atomic E-state index is 0.154. The molecule has 3 aromatic carbocycles.